The van der Waals surface area contributed by atoms with Crippen molar-refractivity contribution in [1.29, 1.82) is 0 Å². The van der Waals surface area contributed by atoms with Crippen molar-refractivity contribution in [2.45, 2.75) is 0 Å². The van der Waals surface area contributed by atoms with Gasteiger partial charge in [-0.15, -0.1) is 0 Å². The average molecular weight is 305 g/mol. The first-order chi connectivity index (χ1) is 9.75. The first-order valence-electron chi connectivity index (χ1n) is 5.05. The number of halogens is 4. The van der Waals surface area contributed by atoms with Crippen molar-refractivity contribution in [2.75, 3.05) is 0 Å². The summed E-state index contributed by atoms with van der Waals surface area (Å²) in [5, 5.41) is 20.0. The van der Waals surface area contributed by atoms with Gasteiger partial charge in [0.2, 0.25) is 5.76 Å². The third-order valence-electron chi connectivity index (χ3n) is 2.45. The average Bonchev–Trinajstić information content (AvgIpc) is 2.86. The fourth-order valence-corrected chi connectivity index (χ4v) is 1.54. The van der Waals surface area contributed by atoms with Crippen LogP contribution < -0.4 is 0 Å². The number of nitrogens with zero attached hydrogens (tertiary/aromatic N) is 1. The van der Waals surface area contributed by atoms with Crippen LogP contribution in [-0.4, -0.2) is 27.3 Å². The van der Waals surface area contributed by atoms with Crippen molar-refractivity contribution >= 4 is 11.9 Å². The number of benzene rings is 1. The summed E-state index contributed by atoms with van der Waals surface area (Å²) in [6.07, 6.45) is 0. The maximum atomic E-state index is 13.7. The Morgan fingerprint density at radius 1 is 0.952 bits per heavy atom. The third-order valence-corrected chi connectivity index (χ3v) is 2.45. The molecule has 0 amide bonds. The molecule has 0 saturated carbocycles. The molecule has 0 radical (unpaired) electrons. The Bertz CT molecular complexity index is 741. The SMILES string of the molecule is O=C(O)c1cc(-c2c(F)c(F)c(C(=O)O)c(F)c2F)no1. The lowest BCUT2D eigenvalue weighted by molar-refractivity contribution is 0.0648. The van der Waals surface area contributed by atoms with Crippen LogP contribution in [0.5, 0.6) is 0 Å². The highest BCUT2D eigenvalue weighted by Gasteiger charge is 2.31. The first kappa shape index (κ1) is 14.5. The highest BCUT2D eigenvalue weighted by atomic mass is 19.2. The molecule has 0 aliphatic carbocycles. The molecule has 0 saturated heterocycles. The van der Waals surface area contributed by atoms with E-state index >= 15 is 0 Å². The molecule has 1 heterocycles. The van der Waals surface area contributed by atoms with Crippen LogP contribution in [0, 0.1) is 23.3 Å². The molecule has 2 N–H and O–H groups in total. The molecule has 6 nitrogen and oxygen atoms in total. The highest BCUT2D eigenvalue weighted by molar-refractivity contribution is 5.90. The monoisotopic (exact) mass is 305 g/mol. The van der Waals surface area contributed by atoms with Gasteiger partial charge < -0.3 is 14.7 Å². The second-order valence-electron chi connectivity index (χ2n) is 3.69. The molecule has 0 unspecified atom stereocenters. The zero-order valence-electron chi connectivity index (χ0n) is 9.66. The van der Waals surface area contributed by atoms with E-state index in [0.29, 0.717) is 6.07 Å². The molecule has 2 aromatic rings. The van der Waals surface area contributed by atoms with E-state index in [2.05, 4.69) is 9.68 Å². The standard InChI is InChI=1S/C11H3F4NO5/c12-6-4(2-1-3(10(17)18)21-16-2)7(13)9(15)5(8(6)14)11(19)20/h1H,(H,17,18)(H,19,20). The van der Waals surface area contributed by atoms with Crippen molar-refractivity contribution in [2.24, 2.45) is 0 Å². The molecular formula is C11H3F4NO5. The number of carboxylic acids is 2. The number of aromatic carboxylic acids is 2. The number of carboxylic acid groups (broad SMARTS) is 2. The van der Waals surface area contributed by atoms with Crippen LogP contribution >= 0.6 is 0 Å². The molecule has 110 valence electrons. The van der Waals surface area contributed by atoms with E-state index in [9.17, 15) is 27.2 Å². The van der Waals surface area contributed by atoms with Gasteiger partial charge in [-0.3, -0.25) is 0 Å². The Hall–Kier alpha value is -2.91. The van der Waals surface area contributed by atoms with Crippen molar-refractivity contribution in [1.82, 2.24) is 5.16 Å². The van der Waals surface area contributed by atoms with E-state index in [-0.39, 0.29) is 0 Å². The molecule has 2 rings (SSSR count). The Balaban J connectivity index is 2.75. The maximum absolute atomic E-state index is 13.7. The van der Waals surface area contributed by atoms with Crippen LogP contribution in [0.25, 0.3) is 11.3 Å². The Morgan fingerprint density at radius 2 is 1.48 bits per heavy atom. The molecule has 21 heavy (non-hydrogen) atoms. The summed E-state index contributed by atoms with van der Waals surface area (Å²) in [7, 11) is 0. The van der Waals surface area contributed by atoms with Gasteiger partial charge in [-0.25, -0.2) is 27.2 Å². The molecule has 10 heteroatoms. The van der Waals surface area contributed by atoms with Gasteiger partial charge in [0.1, 0.15) is 11.3 Å². The van der Waals surface area contributed by atoms with E-state index in [1.165, 1.54) is 0 Å². The zero-order valence-corrected chi connectivity index (χ0v) is 9.66. The highest BCUT2D eigenvalue weighted by Crippen LogP contribution is 2.31. The van der Waals surface area contributed by atoms with Crippen molar-refractivity contribution in [3.8, 4) is 11.3 Å². The second kappa shape index (κ2) is 4.89. The summed E-state index contributed by atoms with van der Waals surface area (Å²) < 4.78 is 58.5. The number of hydrogen-bond donors (Lipinski definition) is 2. The van der Waals surface area contributed by atoms with Gasteiger partial charge >= 0.3 is 11.9 Å². The normalized spacial score (nSPS) is 10.7. The summed E-state index contributed by atoms with van der Waals surface area (Å²) >= 11 is 0. The Kier molecular flexibility index (Phi) is 3.37. The van der Waals surface area contributed by atoms with E-state index in [1.807, 2.05) is 0 Å². The molecular weight excluding hydrogens is 302 g/mol. The van der Waals surface area contributed by atoms with Crippen molar-refractivity contribution in [3.63, 3.8) is 0 Å². The number of aromatic nitrogens is 1. The minimum Gasteiger partial charge on any atom is -0.477 e. The van der Waals surface area contributed by atoms with Gasteiger partial charge in [-0.1, -0.05) is 5.16 Å². The molecule has 0 bridgehead atoms. The number of carbonyl (C=O) groups is 2. The summed E-state index contributed by atoms with van der Waals surface area (Å²) in [5.74, 6) is -13.0. The number of rotatable bonds is 3. The van der Waals surface area contributed by atoms with Gasteiger partial charge in [0.15, 0.2) is 23.3 Å². The van der Waals surface area contributed by atoms with Crippen molar-refractivity contribution in [3.05, 3.63) is 40.7 Å². The first-order valence-corrected chi connectivity index (χ1v) is 5.05. The molecule has 0 atom stereocenters. The summed E-state index contributed by atoms with van der Waals surface area (Å²) in [5.41, 5.74) is -4.01. The lowest BCUT2D eigenvalue weighted by Gasteiger charge is -2.07. The van der Waals surface area contributed by atoms with E-state index in [1.54, 1.807) is 0 Å². The van der Waals surface area contributed by atoms with E-state index in [4.69, 9.17) is 10.2 Å². The van der Waals surface area contributed by atoms with E-state index < -0.39 is 57.8 Å². The predicted octanol–water partition coefficient (Wildman–Crippen LogP) is 2.29. The fraction of sp³-hybridized carbons (Fsp3) is 0. The van der Waals surface area contributed by atoms with Crippen LogP contribution in [-0.2, 0) is 0 Å². The predicted molar refractivity (Wildman–Crippen MR) is 55.7 cm³/mol. The number of hydrogen-bond acceptors (Lipinski definition) is 4. The lowest BCUT2D eigenvalue weighted by Crippen LogP contribution is -2.11. The topological polar surface area (TPSA) is 101 Å². The maximum Gasteiger partial charge on any atom is 0.374 e. The van der Waals surface area contributed by atoms with Crippen LogP contribution in [0.4, 0.5) is 17.6 Å². The minimum atomic E-state index is -2.21. The summed E-state index contributed by atoms with van der Waals surface area (Å²) in [4.78, 5) is 21.1. The second-order valence-corrected chi connectivity index (χ2v) is 3.69. The molecule has 0 aliphatic heterocycles. The van der Waals surface area contributed by atoms with Crippen LogP contribution in [0.3, 0.4) is 0 Å². The molecule has 1 aromatic carbocycles. The van der Waals surface area contributed by atoms with Gasteiger partial charge in [0, 0.05) is 6.07 Å². The lowest BCUT2D eigenvalue weighted by atomic mass is 10.0. The Morgan fingerprint density at radius 3 is 1.86 bits per heavy atom. The summed E-state index contributed by atoms with van der Waals surface area (Å²) in [6.45, 7) is 0. The van der Waals surface area contributed by atoms with Gasteiger partial charge in [-0.2, -0.15) is 0 Å². The van der Waals surface area contributed by atoms with Crippen LogP contribution in [0.15, 0.2) is 10.6 Å². The van der Waals surface area contributed by atoms with Crippen LogP contribution in [0.2, 0.25) is 0 Å². The zero-order chi connectivity index (χ0) is 15.9. The molecule has 0 aliphatic rings. The van der Waals surface area contributed by atoms with E-state index in [0.717, 1.165) is 0 Å². The third kappa shape index (κ3) is 2.20. The molecule has 0 spiro atoms. The largest absolute Gasteiger partial charge is 0.477 e. The quantitative estimate of drug-likeness (QED) is 0.666. The summed E-state index contributed by atoms with van der Waals surface area (Å²) in [6, 6.07) is 0.531. The molecule has 0 fully saturated rings. The smallest absolute Gasteiger partial charge is 0.374 e. The minimum absolute atomic E-state index is 0.531. The van der Waals surface area contributed by atoms with Gasteiger partial charge in [0.05, 0.1) is 5.56 Å². The van der Waals surface area contributed by atoms with Gasteiger partial charge in [-0.05, 0) is 0 Å². The van der Waals surface area contributed by atoms with Crippen LogP contribution in [0.1, 0.15) is 20.9 Å². The fourth-order valence-electron chi connectivity index (χ4n) is 1.54. The Labute approximate surface area is 112 Å². The van der Waals surface area contributed by atoms with Crippen molar-refractivity contribution < 1.29 is 41.9 Å². The van der Waals surface area contributed by atoms with Gasteiger partial charge in [0.25, 0.3) is 0 Å². The molecule has 1 aromatic heterocycles.